The van der Waals surface area contributed by atoms with Crippen LogP contribution in [-0.2, 0) is 19.2 Å². The van der Waals surface area contributed by atoms with Crippen molar-refractivity contribution in [3.05, 3.63) is 0 Å². The molecule has 1 rings (SSSR count). The van der Waals surface area contributed by atoms with E-state index in [2.05, 4.69) is 10.6 Å². The zero-order chi connectivity index (χ0) is 14.4. The summed E-state index contributed by atoms with van der Waals surface area (Å²) in [6.45, 7) is 1.70. The molecule has 1 aliphatic rings. The van der Waals surface area contributed by atoms with Crippen molar-refractivity contribution in [3.8, 4) is 0 Å². The van der Waals surface area contributed by atoms with Gasteiger partial charge in [0, 0.05) is 19.3 Å². The highest BCUT2D eigenvalue weighted by Gasteiger charge is 2.30. The van der Waals surface area contributed by atoms with Crippen LogP contribution in [-0.4, -0.2) is 40.8 Å². The first-order valence-electron chi connectivity index (χ1n) is 6.28. The first-order chi connectivity index (χ1) is 8.93. The summed E-state index contributed by atoms with van der Waals surface area (Å²) in [7, 11) is 0. The molecule has 0 unspecified atom stereocenters. The molecule has 0 aromatic carbocycles. The number of carbonyl (C=O) groups is 4. The summed E-state index contributed by atoms with van der Waals surface area (Å²) >= 11 is 0. The van der Waals surface area contributed by atoms with Gasteiger partial charge in [0.25, 0.3) is 0 Å². The summed E-state index contributed by atoms with van der Waals surface area (Å²) in [4.78, 5) is 44.9. The molecule has 7 heteroatoms. The maximum atomic E-state index is 11.7. The van der Waals surface area contributed by atoms with E-state index < -0.39 is 24.0 Å². The Morgan fingerprint density at radius 1 is 1.47 bits per heavy atom. The lowest BCUT2D eigenvalue weighted by molar-refractivity contribution is -0.142. The number of carboxylic acids is 1. The molecule has 0 radical (unpaired) electrons. The van der Waals surface area contributed by atoms with Crippen molar-refractivity contribution in [1.29, 1.82) is 0 Å². The van der Waals surface area contributed by atoms with E-state index in [4.69, 9.17) is 5.11 Å². The number of carbonyl (C=O) groups excluding carboxylic acids is 3. The molecule has 0 aliphatic carbocycles. The Morgan fingerprint density at radius 3 is 2.63 bits per heavy atom. The lowest BCUT2D eigenvalue weighted by Gasteiger charge is -2.17. The molecule has 1 fully saturated rings. The first kappa shape index (κ1) is 15.1. The number of carboxylic acid groups (broad SMARTS) is 1. The fraction of sp³-hybridized carbons (Fsp3) is 0.667. The molecule has 1 saturated heterocycles. The van der Waals surface area contributed by atoms with Gasteiger partial charge >= 0.3 is 5.97 Å². The molecule has 0 spiro atoms. The lowest BCUT2D eigenvalue weighted by Crippen LogP contribution is -2.48. The third-order valence-corrected chi connectivity index (χ3v) is 3.03. The molecular formula is C12H18N2O5. The van der Waals surface area contributed by atoms with Gasteiger partial charge in [-0.2, -0.15) is 0 Å². The number of ketones is 1. The van der Waals surface area contributed by atoms with E-state index in [9.17, 15) is 19.2 Å². The lowest BCUT2D eigenvalue weighted by atomic mass is 10.1. The van der Waals surface area contributed by atoms with Crippen LogP contribution < -0.4 is 10.6 Å². The van der Waals surface area contributed by atoms with E-state index >= 15 is 0 Å². The number of amides is 2. The van der Waals surface area contributed by atoms with Crippen LogP contribution >= 0.6 is 0 Å². The zero-order valence-electron chi connectivity index (χ0n) is 10.8. The molecule has 0 bridgehead atoms. The highest BCUT2D eigenvalue weighted by atomic mass is 16.4. The van der Waals surface area contributed by atoms with E-state index in [-0.39, 0.29) is 31.0 Å². The van der Waals surface area contributed by atoms with Crippen LogP contribution in [0.5, 0.6) is 0 Å². The predicted octanol–water partition coefficient (Wildman–Crippen LogP) is -0.406. The van der Waals surface area contributed by atoms with Gasteiger partial charge in [-0.3, -0.25) is 14.4 Å². The summed E-state index contributed by atoms with van der Waals surface area (Å²) in [6.07, 6.45) is 1.16. The molecule has 1 aliphatic heterocycles. The average Bonchev–Trinajstić information content (AvgIpc) is 2.80. The van der Waals surface area contributed by atoms with Gasteiger partial charge in [-0.15, -0.1) is 0 Å². The van der Waals surface area contributed by atoms with Gasteiger partial charge in [-0.25, -0.2) is 4.79 Å². The van der Waals surface area contributed by atoms with Gasteiger partial charge in [0.2, 0.25) is 11.8 Å². The molecule has 1 heterocycles. The highest BCUT2D eigenvalue weighted by molar-refractivity contribution is 5.93. The second-order valence-electron chi connectivity index (χ2n) is 4.49. The molecule has 7 nitrogen and oxygen atoms in total. The van der Waals surface area contributed by atoms with E-state index in [0.29, 0.717) is 12.8 Å². The minimum atomic E-state index is -1.18. The predicted molar refractivity (Wildman–Crippen MR) is 65.3 cm³/mol. The quantitative estimate of drug-likeness (QED) is 0.582. The normalized spacial score (nSPS) is 19.6. The van der Waals surface area contributed by atoms with Gasteiger partial charge in [0.15, 0.2) is 0 Å². The topological polar surface area (TPSA) is 113 Å². The van der Waals surface area contributed by atoms with Crippen molar-refractivity contribution >= 4 is 23.6 Å². The summed E-state index contributed by atoms with van der Waals surface area (Å²) in [5.41, 5.74) is 0. The van der Waals surface area contributed by atoms with Crippen molar-refractivity contribution < 1.29 is 24.3 Å². The molecule has 0 aromatic heterocycles. The molecule has 0 saturated carbocycles. The molecule has 106 valence electrons. The molecule has 2 atom stereocenters. The van der Waals surface area contributed by atoms with Gasteiger partial charge in [0.1, 0.15) is 17.9 Å². The highest BCUT2D eigenvalue weighted by Crippen LogP contribution is 2.08. The largest absolute Gasteiger partial charge is 0.480 e. The minimum Gasteiger partial charge on any atom is -0.480 e. The van der Waals surface area contributed by atoms with E-state index in [1.165, 1.54) is 0 Å². The third-order valence-electron chi connectivity index (χ3n) is 3.03. The second kappa shape index (κ2) is 6.86. The van der Waals surface area contributed by atoms with Crippen molar-refractivity contribution in [2.45, 2.75) is 51.1 Å². The maximum absolute atomic E-state index is 11.7. The van der Waals surface area contributed by atoms with Crippen LogP contribution in [0.3, 0.4) is 0 Å². The van der Waals surface area contributed by atoms with Crippen LogP contribution in [0, 0.1) is 0 Å². The maximum Gasteiger partial charge on any atom is 0.326 e. The van der Waals surface area contributed by atoms with Gasteiger partial charge in [-0.05, 0) is 12.8 Å². The second-order valence-corrected chi connectivity index (χ2v) is 4.49. The van der Waals surface area contributed by atoms with Crippen LogP contribution in [0.4, 0.5) is 0 Å². The Labute approximate surface area is 110 Å². The van der Waals surface area contributed by atoms with Crippen LogP contribution in [0.1, 0.15) is 39.0 Å². The Balaban J connectivity index is 2.48. The fourth-order valence-electron chi connectivity index (χ4n) is 1.82. The number of hydrogen-bond donors (Lipinski definition) is 3. The number of Topliss-reactive ketones (excluding diaryl/α,β-unsaturated/α-hetero) is 1. The Hall–Kier alpha value is -1.92. The average molecular weight is 270 g/mol. The minimum absolute atomic E-state index is 0.0466. The number of hydrogen-bond acceptors (Lipinski definition) is 4. The molecule has 3 N–H and O–H groups in total. The van der Waals surface area contributed by atoms with Crippen LogP contribution in [0.2, 0.25) is 0 Å². The van der Waals surface area contributed by atoms with Gasteiger partial charge in [0.05, 0.1) is 0 Å². The Morgan fingerprint density at radius 2 is 2.16 bits per heavy atom. The standard InChI is InChI=1S/C12H18N2O5/c1-2-7(15)3-4-9(12(18)19)14-11(17)8-5-6-10(16)13-8/h8-9H,2-6H2,1H3,(H,13,16)(H,14,17)(H,18,19)/t8-,9-/m0/s1. The Bertz CT molecular complexity index is 394. The van der Waals surface area contributed by atoms with Crippen molar-refractivity contribution in [3.63, 3.8) is 0 Å². The molecular weight excluding hydrogens is 252 g/mol. The first-order valence-corrected chi connectivity index (χ1v) is 6.28. The SMILES string of the molecule is CCC(=O)CC[C@H](NC(=O)[C@@H]1CCC(=O)N1)C(=O)O. The monoisotopic (exact) mass is 270 g/mol. The number of aliphatic carboxylic acids is 1. The van der Waals surface area contributed by atoms with E-state index in [1.807, 2.05) is 0 Å². The number of rotatable bonds is 7. The van der Waals surface area contributed by atoms with Gasteiger partial charge in [-0.1, -0.05) is 6.92 Å². The Kier molecular flexibility index (Phi) is 5.47. The van der Waals surface area contributed by atoms with E-state index in [0.717, 1.165) is 0 Å². The van der Waals surface area contributed by atoms with Crippen LogP contribution in [0.15, 0.2) is 0 Å². The molecule has 0 aromatic rings. The smallest absolute Gasteiger partial charge is 0.326 e. The van der Waals surface area contributed by atoms with Crippen molar-refractivity contribution in [2.24, 2.45) is 0 Å². The van der Waals surface area contributed by atoms with Gasteiger partial charge < -0.3 is 15.7 Å². The third kappa shape index (κ3) is 4.69. The summed E-state index contributed by atoms with van der Waals surface area (Å²) in [5, 5.41) is 13.8. The molecule has 19 heavy (non-hydrogen) atoms. The summed E-state index contributed by atoms with van der Waals surface area (Å²) < 4.78 is 0. The summed E-state index contributed by atoms with van der Waals surface area (Å²) in [6, 6.07) is -1.77. The van der Waals surface area contributed by atoms with Crippen molar-refractivity contribution in [2.75, 3.05) is 0 Å². The van der Waals surface area contributed by atoms with Crippen molar-refractivity contribution in [1.82, 2.24) is 10.6 Å². The zero-order valence-corrected chi connectivity index (χ0v) is 10.8. The number of nitrogens with one attached hydrogen (secondary N) is 2. The summed E-state index contributed by atoms with van der Waals surface area (Å²) in [5.74, 6) is -1.95. The van der Waals surface area contributed by atoms with Crippen LogP contribution in [0.25, 0.3) is 0 Å². The molecule has 2 amide bonds. The van der Waals surface area contributed by atoms with E-state index in [1.54, 1.807) is 6.92 Å². The fourth-order valence-corrected chi connectivity index (χ4v) is 1.82.